The second-order valence-corrected chi connectivity index (χ2v) is 5.93. The Morgan fingerprint density at radius 3 is 2.54 bits per heavy atom. The zero-order chi connectivity index (χ0) is 18.4. The van der Waals surface area contributed by atoms with E-state index in [2.05, 4.69) is 5.32 Å². The lowest BCUT2D eigenvalue weighted by Crippen LogP contribution is -2.44. The third kappa shape index (κ3) is 4.60. The van der Waals surface area contributed by atoms with Gasteiger partial charge in [0.1, 0.15) is 11.8 Å². The monoisotopic (exact) mass is 349 g/mol. The van der Waals surface area contributed by atoms with Crippen LogP contribution < -0.4 is 10.1 Å². The molecule has 0 saturated carbocycles. The smallest absolute Gasteiger partial charge is 0.334 e. The maximum atomic E-state index is 12.7. The van der Waals surface area contributed by atoms with Gasteiger partial charge >= 0.3 is 5.97 Å². The highest BCUT2D eigenvalue weighted by Gasteiger charge is 2.25. The van der Waals surface area contributed by atoms with Gasteiger partial charge in [0.05, 0.1) is 6.26 Å². The Morgan fingerprint density at radius 2 is 1.85 bits per heavy atom. The molecule has 0 aliphatic carbocycles. The zero-order valence-electron chi connectivity index (χ0n) is 14.3. The van der Waals surface area contributed by atoms with Gasteiger partial charge in [0, 0.05) is 6.42 Å². The van der Waals surface area contributed by atoms with Crippen LogP contribution in [0.4, 0.5) is 0 Å². The molecule has 0 fully saturated rings. The van der Waals surface area contributed by atoms with E-state index in [1.165, 1.54) is 6.26 Å². The van der Waals surface area contributed by atoms with Crippen LogP contribution in [0.1, 0.15) is 21.7 Å². The number of benzene rings is 2. The van der Waals surface area contributed by atoms with Crippen LogP contribution in [0.2, 0.25) is 0 Å². The molecule has 0 aliphatic heterocycles. The number of esters is 1. The Kier molecular flexibility index (Phi) is 5.49. The van der Waals surface area contributed by atoms with Gasteiger partial charge in [0.15, 0.2) is 5.76 Å². The molecule has 132 valence electrons. The van der Waals surface area contributed by atoms with Crippen molar-refractivity contribution in [2.24, 2.45) is 0 Å². The molecule has 0 radical (unpaired) electrons. The molecule has 3 rings (SSSR count). The molecular weight excluding hydrogens is 330 g/mol. The highest BCUT2D eigenvalue weighted by atomic mass is 16.5. The van der Waals surface area contributed by atoms with Crippen molar-refractivity contribution < 1.29 is 18.7 Å². The van der Waals surface area contributed by atoms with E-state index in [0.717, 1.165) is 11.1 Å². The fraction of sp³-hybridized carbons (Fsp3) is 0.143. The van der Waals surface area contributed by atoms with Gasteiger partial charge in [-0.2, -0.15) is 0 Å². The zero-order valence-corrected chi connectivity index (χ0v) is 14.3. The molecule has 1 N–H and O–H groups in total. The number of amides is 1. The average Bonchev–Trinajstić information content (AvgIpc) is 3.17. The third-order valence-electron chi connectivity index (χ3n) is 3.83. The summed E-state index contributed by atoms with van der Waals surface area (Å²) in [6, 6.07) is 19.0. The molecule has 5 heteroatoms. The fourth-order valence-corrected chi connectivity index (χ4v) is 2.55. The highest BCUT2D eigenvalue weighted by Crippen LogP contribution is 2.14. The molecule has 0 aliphatic rings. The molecule has 3 aromatic rings. The topological polar surface area (TPSA) is 68.5 Å². The molecular formula is C21H19NO4. The Labute approximate surface area is 151 Å². The number of hydrogen-bond acceptors (Lipinski definition) is 4. The van der Waals surface area contributed by atoms with Crippen LogP contribution in [-0.2, 0) is 11.2 Å². The lowest BCUT2D eigenvalue weighted by Gasteiger charge is -2.17. The van der Waals surface area contributed by atoms with Gasteiger partial charge in [-0.05, 0) is 42.3 Å². The minimum Gasteiger partial charge on any atom is -0.459 e. The predicted molar refractivity (Wildman–Crippen MR) is 96.9 cm³/mol. The Morgan fingerprint density at radius 1 is 1.04 bits per heavy atom. The van der Waals surface area contributed by atoms with Gasteiger partial charge in [-0.1, -0.05) is 42.5 Å². The van der Waals surface area contributed by atoms with E-state index in [0.29, 0.717) is 12.2 Å². The number of hydrogen-bond donors (Lipinski definition) is 1. The minimum atomic E-state index is -0.837. The molecule has 1 amide bonds. The van der Waals surface area contributed by atoms with E-state index in [1.54, 1.807) is 24.3 Å². The first-order valence-corrected chi connectivity index (χ1v) is 8.28. The normalized spacial score (nSPS) is 11.6. The van der Waals surface area contributed by atoms with Crippen molar-refractivity contribution in [3.05, 3.63) is 89.9 Å². The Bertz CT molecular complexity index is 872. The first-order valence-electron chi connectivity index (χ1n) is 8.28. The maximum absolute atomic E-state index is 12.7. The molecule has 0 saturated heterocycles. The summed E-state index contributed by atoms with van der Waals surface area (Å²) in [6.07, 6.45) is 1.73. The summed E-state index contributed by atoms with van der Waals surface area (Å²) in [6.45, 7) is 1.91. The van der Waals surface area contributed by atoms with E-state index in [9.17, 15) is 9.59 Å². The summed E-state index contributed by atoms with van der Waals surface area (Å²) in [5.74, 6) is -0.400. The van der Waals surface area contributed by atoms with Gasteiger partial charge in [-0.15, -0.1) is 0 Å². The molecule has 26 heavy (non-hydrogen) atoms. The van der Waals surface area contributed by atoms with Crippen molar-refractivity contribution in [3.8, 4) is 5.75 Å². The Hall–Kier alpha value is -3.34. The van der Waals surface area contributed by atoms with Crippen molar-refractivity contribution in [1.82, 2.24) is 5.32 Å². The molecule has 1 aromatic heterocycles. The molecule has 1 unspecified atom stereocenters. The average molecular weight is 349 g/mol. The first kappa shape index (κ1) is 17.5. The fourth-order valence-electron chi connectivity index (χ4n) is 2.55. The van der Waals surface area contributed by atoms with E-state index in [4.69, 9.17) is 9.15 Å². The molecule has 0 spiro atoms. The quantitative estimate of drug-likeness (QED) is 0.546. The molecule has 0 bridgehead atoms. The summed E-state index contributed by atoms with van der Waals surface area (Å²) in [4.78, 5) is 25.0. The maximum Gasteiger partial charge on any atom is 0.334 e. The highest BCUT2D eigenvalue weighted by molar-refractivity contribution is 5.94. The molecule has 2 aromatic carbocycles. The van der Waals surface area contributed by atoms with Gasteiger partial charge < -0.3 is 14.5 Å². The first-order chi connectivity index (χ1) is 12.6. The minimum absolute atomic E-state index is 0.145. The van der Waals surface area contributed by atoms with Gasteiger partial charge in [0.25, 0.3) is 5.91 Å². The summed E-state index contributed by atoms with van der Waals surface area (Å²) in [5.41, 5.74) is 1.90. The third-order valence-corrected chi connectivity index (χ3v) is 3.83. The lowest BCUT2D eigenvalue weighted by atomic mass is 10.1. The van der Waals surface area contributed by atoms with Crippen LogP contribution in [0.5, 0.6) is 5.75 Å². The molecule has 5 nitrogen and oxygen atoms in total. The van der Waals surface area contributed by atoms with E-state index in [-0.39, 0.29) is 5.76 Å². The number of furan rings is 1. The predicted octanol–water partition coefficient (Wildman–Crippen LogP) is 3.53. The van der Waals surface area contributed by atoms with Crippen molar-refractivity contribution in [1.29, 1.82) is 0 Å². The van der Waals surface area contributed by atoms with Crippen LogP contribution in [-0.4, -0.2) is 17.9 Å². The largest absolute Gasteiger partial charge is 0.459 e. The SMILES string of the molecule is Cc1cccc(OC(=O)C(Cc2ccccc2)NC(=O)c2ccco2)c1. The van der Waals surface area contributed by atoms with E-state index < -0.39 is 17.9 Å². The number of ether oxygens (including phenoxy) is 1. The number of carbonyl (C=O) groups excluding carboxylic acids is 2. The second-order valence-electron chi connectivity index (χ2n) is 5.93. The molecule has 1 heterocycles. The van der Waals surface area contributed by atoms with Crippen molar-refractivity contribution in [2.75, 3.05) is 0 Å². The number of aryl methyl sites for hydroxylation is 1. The van der Waals surface area contributed by atoms with E-state index in [1.807, 2.05) is 49.4 Å². The summed E-state index contributed by atoms with van der Waals surface area (Å²) < 4.78 is 10.6. The number of nitrogens with one attached hydrogen (secondary N) is 1. The summed E-state index contributed by atoms with van der Waals surface area (Å²) in [7, 11) is 0. The summed E-state index contributed by atoms with van der Waals surface area (Å²) >= 11 is 0. The second kappa shape index (κ2) is 8.16. The van der Waals surface area contributed by atoms with Crippen molar-refractivity contribution >= 4 is 11.9 Å². The van der Waals surface area contributed by atoms with Gasteiger partial charge in [0.2, 0.25) is 0 Å². The standard InChI is InChI=1S/C21H19NO4/c1-15-7-5-10-17(13-15)26-21(24)18(14-16-8-3-2-4-9-16)22-20(23)19-11-6-12-25-19/h2-13,18H,14H2,1H3,(H,22,23). The van der Waals surface area contributed by atoms with Crippen molar-refractivity contribution in [2.45, 2.75) is 19.4 Å². The molecule has 1 atom stereocenters. The number of carbonyl (C=O) groups is 2. The lowest BCUT2D eigenvalue weighted by molar-refractivity contribution is -0.136. The Balaban J connectivity index is 1.77. The van der Waals surface area contributed by atoms with Crippen LogP contribution in [0, 0.1) is 6.92 Å². The number of rotatable bonds is 6. The summed E-state index contributed by atoms with van der Waals surface area (Å²) in [5, 5.41) is 2.70. The van der Waals surface area contributed by atoms with E-state index >= 15 is 0 Å². The van der Waals surface area contributed by atoms with Gasteiger partial charge in [-0.25, -0.2) is 4.79 Å². The van der Waals surface area contributed by atoms with Crippen LogP contribution in [0.3, 0.4) is 0 Å². The van der Waals surface area contributed by atoms with Crippen molar-refractivity contribution in [3.63, 3.8) is 0 Å². The van der Waals surface area contributed by atoms with Crippen LogP contribution >= 0.6 is 0 Å². The van der Waals surface area contributed by atoms with Crippen LogP contribution in [0.15, 0.2) is 77.4 Å². The van der Waals surface area contributed by atoms with Gasteiger partial charge in [-0.3, -0.25) is 4.79 Å². The van der Waals surface area contributed by atoms with Crippen LogP contribution in [0.25, 0.3) is 0 Å².